The number of benzene rings is 2. The van der Waals surface area contributed by atoms with Crippen LogP contribution in [0.3, 0.4) is 0 Å². The van der Waals surface area contributed by atoms with Gasteiger partial charge in [0, 0.05) is 49.2 Å². The number of thiazole rings is 1. The fourth-order valence-electron chi connectivity index (χ4n) is 5.03. The van der Waals surface area contributed by atoms with Crippen LogP contribution in [0.5, 0.6) is 0 Å². The van der Waals surface area contributed by atoms with E-state index in [1.165, 1.54) is 11.3 Å². The number of anilines is 1. The molecule has 0 N–H and O–H groups in total. The largest absolute Gasteiger partial charge is 0.379 e. The van der Waals surface area contributed by atoms with Crippen molar-refractivity contribution in [1.29, 1.82) is 0 Å². The van der Waals surface area contributed by atoms with Gasteiger partial charge in [0.1, 0.15) is 0 Å². The first kappa shape index (κ1) is 27.5. The molecule has 204 valence electrons. The molecule has 0 saturated carbocycles. The summed E-state index contributed by atoms with van der Waals surface area (Å²) < 4.78 is 34.7. The summed E-state index contributed by atoms with van der Waals surface area (Å²) in [4.78, 5) is 24.1. The molecule has 2 aliphatic heterocycles. The van der Waals surface area contributed by atoms with Crippen LogP contribution in [0.25, 0.3) is 10.2 Å². The summed E-state index contributed by atoms with van der Waals surface area (Å²) >= 11 is 3.14. The number of thioether (sulfide) groups is 1. The third-order valence-corrected chi connectivity index (χ3v) is 11.1. The summed E-state index contributed by atoms with van der Waals surface area (Å²) in [6.07, 6.45) is 4.81. The second-order valence-electron chi connectivity index (χ2n) is 9.70. The summed E-state index contributed by atoms with van der Waals surface area (Å²) in [6, 6.07) is 12.5. The molecule has 3 heterocycles. The lowest BCUT2D eigenvalue weighted by atomic mass is 10.1. The second kappa shape index (κ2) is 12.0. The van der Waals surface area contributed by atoms with Gasteiger partial charge in [-0.25, -0.2) is 13.4 Å². The van der Waals surface area contributed by atoms with Crippen molar-refractivity contribution < 1.29 is 17.9 Å². The summed E-state index contributed by atoms with van der Waals surface area (Å²) in [5, 5.41) is 0.651. The number of aromatic nitrogens is 1. The quantitative estimate of drug-likeness (QED) is 0.365. The van der Waals surface area contributed by atoms with Crippen molar-refractivity contribution in [3.05, 3.63) is 48.0 Å². The van der Waals surface area contributed by atoms with Crippen LogP contribution < -0.4 is 4.90 Å². The second-order valence-corrected chi connectivity index (χ2v) is 13.4. The first-order valence-corrected chi connectivity index (χ1v) is 16.5. The fourth-order valence-corrected chi connectivity index (χ4v) is 8.38. The van der Waals surface area contributed by atoms with E-state index in [0.717, 1.165) is 47.5 Å². The normalized spacial score (nSPS) is 19.6. The van der Waals surface area contributed by atoms with Crippen molar-refractivity contribution in [3.63, 3.8) is 0 Å². The van der Waals surface area contributed by atoms with Gasteiger partial charge in [0.25, 0.3) is 5.91 Å². The van der Waals surface area contributed by atoms with E-state index in [2.05, 4.69) is 4.90 Å². The number of ether oxygens (including phenoxy) is 1. The van der Waals surface area contributed by atoms with Gasteiger partial charge in [-0.3, -0.25) is 14.6 Å². The van der Waals surface area contributed by atoms with Gasteiger partial charge in [-0.05, 0) is 62.4 Å². The zero-order valence-electron chi connectivity index (χ0n) is 21.8. The Morgan fingerprint density at radius 2 is 1.89 bits per heavy atom. The predicted molar refractivity (Wildman–Crippen MR) is 154 cm³/mol. The predicted octanol–water partition coefficient (Wildman–Crippen LogP) is 4.56. The van der Waals surface area contributed by atoms with Crippen molar-refractivity contribution in [2.75, 3.05) is 57.1 Å². The molecule has 2 aromatic carbocycles. The highest BCUT2D eigenvalue weighted by atomic mass is 32.2. The number of para-hydroxylation sites is 1. The Morgan fingerprint density at radius 3 is 2.61 bits per heavy atom. The summed E-state index contributed by atoms with van der Waals surface area (Å²) in [5.41, 5.74) is 1.35. The van der Waals surface area contributed by atoms with E-state index >= 15 is 0 Å². The van der Waals surface area contributed by atoms with Gasteiger partial charge in [0.05, 0.1) is 28.3 Å². The van der Waals surface area contributed by atoms with E-state index in [1.807, 2.05) is 31.4 Å². The molecule has 8 nitrogen and oxygen atoms in total. The Hall–Kier alpha value is -2.02. The number of piperidine rings is 1. The van der Waals surface area contributed by atoms with Gasteiger partial charge in [-0.15, -0.1) is 11.8 Å². The number of amides is 1. The van der Waals surface area contributed by atoms with E-state index in [4.69, 9.17) is 9.72 Å². The Kier molecular flexibility index (Phi) is 8.71. The number of rotatable bonds is 8. The minimum atomic E-state index is -3.60. The molecule has 0 radical (unpaired) electrons. The van der Waals surface area contributed by atoms with Crippen molar-refractivity contribution in [3.8, 4) is 0 Å². The van der Waals surface area contributed by atoms with Gasteiger partial charge in [-0.1, -0.05) is 23.8 Å². The lowest BCUT2D eigenvalue weighted by molar-refractivity contribution is 0.0391. The van der Waals surface area contributed by atoms with E-state index in [-0.39, 0.29) is 16.8 Å². The van der Waals surface area contributed by atoms with Gasteiger partial charge < -0.3 is 4.74 Å². The molecular weight excluding hydrogens is 541 g/mol. The number of fused-ring (bicyclic) bond motifs is 1. The number of sulfonamides is 1. The molecule has 1 aromatic heterocycles. The van der Waals surface area contributed by atoms with E-state index in [1.54, 1.807) is 45.2 Å². The lowest BCUT2D eigenvalue weighted by Gasteiger charge is -2.32. The van der Waals surface area contributed by atoms with Crippen LogP contribution in [-0.4, -0.2) is 86.7 Å². The number of hydrogen-bond acceptors (Lipinski definition) is 8. The van der Waals surface area contributed by atoms with Gasteiger partial charge >= 0.3 is 0 Å². The van der Waals surface area contributed by atoms with E-state index in [0.29, 0.717) is 43.5 Å². The van der Waals surface area contributed by atoms with Gasteiger partial charge in [-0.2, -0.15) is 4.31 Å². The number of hydrogen-bond donors (Lipinski definition) is 0. The average molecular weight is 575 g/mol. The molecule has 2 saturated heterocycles. The topological polar surface area (TPSA) is 83.0 Å². The summed E-state index contributed by atoms with van der Waals surface area (Å²) in [6.45, 7) is 6.74. The maximum Gasteiger partial charge on any atom is 0.260 e. The standard InChI is InChI=1S/C27H34N4O4S3/c1-20-6-3-4-13-31(20)38(33,34)22-11-9-21(10-12-22)26(32)30(15-14-29-16-18-35-19-17-29)27-28-25-23(36-2)7-5-8-24(25)37-27/h5,7-12,20H,3-4,6,13-19H2,1-2H3. The van der Waals surface area contributed by atoms with Crippen LogP contribution in [-0.2, 0) is 14.8 Å². The maximum absolute atomic E-state index is 13.8. The van der Waals surface area contributed by atoms with Crippen molar-refractivity contribution in [1.82, 2.24) is 14.2 Å². The van der Waals surface area contributed by atoms with Crippen LogP contribution in [0.1, 0.15) is 36.5 Å². The molecule has 2 aliphatic rings. The SMILES string of the molecule is CSc1cccc2sc(N(CCN3CCOCC3)C(=O)c3ccc(S(=O)(=O)N4CCCCC4C)cc3)nc12. The number of morpholine rings is 1. The highest BCUT2D eigenvalue weighted by molar-refractivity contribution is 7.98. The van der Waals surface area contributed by atoms with Gasteiger partial charge in [0.2, 0.25) is 10.0 Å². The Bertz CT molecular complexity index is 1370. The monoisotopic (exact) mass is 574 g/mol. The minimum absolute atomic E-state index is 0.0176. The zero-order valence-corrected chi connectivity index (χ0v) is 24.3. The summed E-state index contributed by atoms with van der Waals surface area (Å²) in [7, 11) is -3.60. The molecule has 1 amide bonds. The van der Waals surface area contributed by atoms with Crippen LogP contribution >= 0.6 is 23.1 Å². The fraction of sp³-hybridized carbons (Fsp3) is 0.481. The summed E-state index contributed by atoms with van der Waals surface area (Å²) in [5.74, 6) is -0.182. The van der Waals surface area contributed by atoms with Crippen LogP contribution in [0.15, 0.2) is 52.3 Å². The van der Waals surface area contributed by atoms with Crippen molar-refractivity contribution in [2.24, 2.45) is 0 Å². The Balaban J connectivity index is 1.42. The maximum atomic E-state index is 13.8. The highest BCUT2D eigenvalue weighted by Crippen LogP contribution is 2.35. The molecule has 38 heavy (non-hydrogen) atoms. The minimum Gasteiger partial charge on any atom is -0.379 e. The van der Waals surface area contributed by atoms with Crippen LogP contribution in [0.2, 0.25) is 0 Å². The number of carbonyl (C=O) groups excluding carboxylic acids is 1. The molecule has 3 aromatic rings. The molecule has 5 rings (SSSR count). The van der Waals surface area contributed by atoms with Gasteiger partial charge in [0.15, 0.2) is 5.13 Å². The molecule has 0 spiro atoms. The molecule has 1 unspecified atom stereocenters. The molecule has 1 atom stereocenters. The van der Waals surface area contributed by atoms with E-state index in [9.17, 15) is 13.2 Å². The van der Waals surface area contributed by atoms with Crippen molar-refractivity contribution in [2.45, 2.75) is 42.0 Å². The zero-order chi connectivity index (χ0) is 26.7. The third kappa shape index (κ3) is 5.78. The molecular formula is C27H34N4O4S3. The Morgan fingerprint density at radius 1 is 1.13 bits per heavy atom. The molecule has 0 bridgehead atoms. The van der Waals surface area contributed by atoms with E-state index < -0.39 is 10.0 Å². The molecule has 0 aliphatic carbocycles. The van der Waals surface area contributed by atoms with Crippen LogP contribution in [0, 0.1) is 0 Å². The lowest BCUT2D eigenvalue weighted by Crippen LogP contribution is -2.43. The number of carbonyl (C=O) groups is 1. The smallest absolute Gasteiger partial charge is 0.260 e. The van der Waals surface area contributed by atoms with Crippen LogP contribution in [0.4, 0.5) is 5.13 Å². The number of nitrogens with zero attached hydrogens (tertiary/aromatic N) is 4. The average Bonchev–Trinajstić information content (AvgIpc) is 3.38. The molecule has 11 heteroatoms. The first-order valence-electron chi connectivity index (χ1n) is 13.1. The first-order chi connectivity index (χ1) is 18.4. The third-order valence-electron chi connectivity index (χ3n) is 7.26. The van der Waals surface area contributed by atoms with Crippen molar-refractivity contribution >= 4 is 54.4 Å². The molecule has 2 fully saturated rings. The highest BCUT2D eigenvalue weighted by Gasteiger charge is 2.31. The Labute approximate surface area is 233 Å².